The van der Waals surface area contributed by atoms with Crippen molar-refractivity contribution >= 4 is 35.5 Å². The van der Waals surface area contributed by atoms with E-state index in [1.54, 1.807) is 0 Å². The lowest BCUT2D eigenvalue weighted by molar-refractivity contribution is -0.309. The molecule has 5 atom stereocenters. The number of carbonyl (C=O) groups is 4. The van der Waals surface area contributed by atoms with Crippen molar-refractivity contribution in [3.63, 3.8) is 0 Å². The van der Waals surface area contributed by atoms with Crippen molar-refractivity contribution in [3.05, 3.63) is 0 Å². The van der Waals surface area contributed by atoms with E-state index in [-0.39, 0.29) is 19.8 Å². The molecule has 13 heteroatoms. The topological polar surface area (TPSA) is 142 Å². The van der Waals surface area contributed by atoms with E-state index in [9.17, 15) is 19.2 Å². The van der Waals surface area contributed by atoms with Crippen molar-refractivity contribution in [2.24, 2.45) is 0 Å². The zero-order valence-electron chi connectivity index (χ0n) is 19.1. The smallest absolute Gasteiger partial charge is 0.303 e. The Bertz CT molecular complexity index is 643. The first-order chi connectivity index (χ1) is 15.6. The maximum atomic E-state index is 11.8. The van der Waals surface area contributed by atoms with Gasteiger partial charge in [0.2, 0.25) is 0 Å². The maximum absolute atomic E-state index is 11.8. The first-order valence-corrected chi connectivity index (χ1v) is 10.8. The Morgan fingerprint density at radius 1 is 0.697 bits per heavy atom. The monoisotopic (exact) mass is 498 g/mol. The molecule has 0 aliphatic carbocycles. The molecule has 1 fully saturated rings. The fourth-order valence-corrected chi connectivity index (χ4v) is 3.03. The molecule has 12 nitrogen and oxygen atoms in total. The fraction of sp³-hybridized carbons (Fsp3) is 0.800. The van der Waals surface area contributed by atoms with Crippen LogP contribution in [-0.4, -0.2) is 100 Å². The molecule has 0 radical (unpaired) electrons. The Kier molecular flexibility index (Phi) is 13.9. The van der Waals surface area contributed by atoms with E-state index in [0.29, 0.717) is 25.7 Å². The predicted octanol–water partition coefficient (Wildman–Crippen LogP) is 0.358. The molecular formula is C20H31ClO12. The average Bonchev–Trinajstić information content (AvgIpc) is 2.71. The molecule has 0 aromatic rings. The normalized spacial score (nSPS) is 24.6. The van der Waals surface area contributed by atoms with Crippen molar-refractivity contribution in [1.29, 1.82) is 0 Å². The van der Waals surface area contributed by atoms with Gasteiger partial charge in [0, 0.05) is 33.6 Å². The third-order valence-electron chi connectivity index (χ3n) is 4.05. The number of rotatable bonds is 14. The third-order valence-corrected chi connectivity index (χ3v) is 4.21. The van der Waals surface area contributed by atoms with Gasteiger partial charge >= 0.3 is 23.9 Å². The minimum absolute atomic E-state index is 0.0171. The number of hydrogen-bond acceptors (Lipinski definition) is 12. The van der Waals surface area contributed by atoms with Gasteiger partial charge < -0.3 is 37.9 Å². The van der Waals surface area contributed by atoms with E-state index in [1.165, 1.54) is 6.92 Å². The standard InChI is InChI=1S/C20H31ClO12/c1-12(22)29-11-16-17(30-13(2)23)18(31-14(3)24)19(32-15(4)25)20(33-16)28-10-9-27-8-7-26-6-5-21/h16-20H,5-11H2,1-4H3/t16?,17-,18?,19-,20+/m0/s1. The number of halogens is 1. The largest absolute Gasteiger partial charge is 0.463 e. The van der Waals surface area contributed by atoms with Crippen LogP contribution in [0, 0.1) is 0 Å². The molecular weight excluding hydrogens is 468 g/mol. The number of hydrogen-bond donors (Lipinski definition) is 0. The van der Waals surface area contributed by atoms with Gasteiger partial charge in [-0.05, 0) is 0 Å². The van der Waals surface area contributed by atoms with Gasteiger partial charge in [0.15, 0.2) is 24.6 Å². The third kappa shape index (κ3) is 11.6. The van der Waals surface area contributed by atoms with Crippen LogP contribution in [0.5, 0.6) is 0 Å². The van der Waals surface area contributed by atoms with Crippen molar-refractivity contribution < 1.29 is 57.1 Å². The van der Waals surface area contributed by atoms with Gasteiger partial charge in [-0.15, -0.1) is 11.6 Å². The summed E-state index contributed by atoms with van der Waals surface area (Å²) in [6, 6.07) is 0. The number of esters is 4. The van der Waals surface area contributed by atoms with Gasteiger partial charge in [0.05, 0.1) is 33.0 Å². The van der Waals surface area contributed by atoms with Crippen LogP contribution in [0.2, 0.25) is 0 Å². The summed E-state index contributed by atoms with van der Waals surface area (Å²) in [5.74, 6) is -2.36. The van der Waals surface area contributed by atoms with E-state index in [2.05, 4.69) is 0 Å². The Morgan fingerprint density at radius 2 is 1.21 bits per heavy atom. The summed E-state index contributed by atoms with van der Waals surface area (Å²) in [5, 5.41) is 0. The molecule has 2 unspecified atom stereocenters. The van der Waals surface area contributed by atoms with Crippen LogP contribution >= 0.6 is 11.6 Å². The van der Waals surface area contributed by atoms with Crippen LogP contribution in [0.15, 0.2) is 0 Å². The van der Waals surface area contributed by atoms with Crippen LogP contribution in [-0.2, 0) is 57.1 Å². The molecule has 1 heterocycles. The summed E-state index contributed by atoms with van der Waals surface area (Å²) in [6.45, 7) is 5.53. The van der Waals surface area contributed by atoms with Crippen molar-refractivity contribution in [3.8, 4) is 0 Å². The molecule has 0 aromatic heterocycles. The highest BCUT2D eigenvalue weighted by Gasteiger charge is 2.52. The second kappa shape index (κ2) is 15.8. The molecule has 0 saturated carbocycles. The second-order valence-electron chi connectivity index (χ2n) is 6.85. The van der Waals surface area contributed by atoms with Crippen molar-refractivity contribution in [2.45, 2.75) is 58.4 Å². The van der Waals surface area contributed by atoms with E-state index >= 15 is 0 Å². The molecule has 0 bridgehead atoms. The molecule has 0 N–H and O–H groups in total. The summed E-state index contributed by atoms with van der Waals surface area (Å²) >= 11 is 5.51. The van der Waals surface area contributed by atoms with Crippen molar-refractivity contribution in [1.82, 2.24) is 0 Å². The molecule has 33 heavy (non-hydrogen) atoms. The second-order valence-corrected chi connectivity index (χ2v) is 7.23. The first-order valence-electron chi connectivity index (χ1n) is 10.3. The van der Waals surface area contributed by atoms with E-state index < -0.39 is 54.6 Å². The van der Waals surface area contributed by atoms with Gasteiger partial charge in [0.25, 0.3) is 0 Å². The molecule has 0 amide bonds. The first kappa shape index (κ1) is 29.0. The number of carbonyl (C=O) groups excluding carboxylic acids is 4. The van der Waals surface area contributed by atoms with E-state index in [4.69, 9.17) is 49.5 Å². The summed E-state index contributed by atoms with van der Waals surface area (Å²) in [5.41, 5.74) is 0. The molecule has 0 aromatic carbocycles. The van der Waals surface area contributed by atoms with Gasteiger partial charge in [-0.2, -0.15) is 0 Å². The molecule has 0 spiro atoms. The summed E-state index contributed by atoms with van der Waals surface area (Å²) in [6.07, 6.45) is -6.08. The van der Waals surface area contributed by atoms with Gasteiger partial charge in [-0.3, -0.25) is 19.2 Å². The lowest BCUT2D eigenvalue weighted by atomic mass is 9.98. The van der Waals surface area contributed by atoms with Gasteiger partial charge in [0.1, 0.15) is 12.7 Å². The quantitative estimate of drug-likeness (QED) is 0.141. The molecule has 190 valence electrons. The summed E-state index contributed by atoms with van der Waals surface area (Å²) in [4.78, 5) is 46.4. The Morgan fingerprint density at radius 3 is 1.76 bits per heavy atom. The zero-order chi connectivity index (χ0) is 24.8. The zero-order valence-corrected chi connectivity index (χ0v) is 19.9. The highest BCUT2D eigenvalue weighted by Crippen LogP contribution is 2.29. The van der Waals surface area contributed by atoms with E-state index in [0.717, 1.165) is 20.8 Å². The SMILES string of the molecule is CC(=O)OCC1O[C@@H](OCCOCCOCCCl)[C@@H](OC(C)=O)C(OC(C)=O)[C@H]1OC(C)=O. The average molecular weight is 499 g/mol. The highest BCUT2D eigenvalue weighted by atomic mass is 35.5. The number of alkyl halides is 1. The van der Waals surface area contributed by atoms with Crippen molar-refractivity contribution in [2.75, 3.05) is 45.5 Å². The van der Waals surface area contributed by atoms with Crippen LogP contribution in [0.25, 0.3) is 0 Å². The van der Waals surface area contributed by atoms with Crippen LogP contribution in [0.1, 0.15) is 27.7 Å². The molecule has 1 aliphatic heterocycles. The Hall–Kier alpha value is -1.99. The maximum Gasteiger partial charge on any atom is 0.303 e. The Balaban J connectivity index is 2.95. The van der Waals surface area contributed by atoms with Crippen LogP contribution in [0.4, 0.5) is 0 Å². The Labute approximate surface area is 197 Å². The van der Waals surface area contributed by atoms with Gasteiger partial charge in [-0.1, -0.05) is 0 Å². The fourth-order valence-electron chi connectivity index (χ4n) is 2.92. The number of ether oxygens (including phenoxy) is 8. The molecule has 1 rings (SSSR count). The summed E-state index contributed by atoms with van der Waals surface area (Å²) in [7, 11) is 0. The highest BCUT2D eigenvalue weighted by molar-refractivity contribution is 6.17. The molecule has 1 saturated heterocycles. The van der Waals surface area contributed by atoms with Crippen LogP contribution in [0.3, 0.4) is 0 Å². The summed E-state index contributed by atoms with van der Waals surface area (Å²) < 4.78 is 42.9. The predicted molar refractivity (Wildman–Crippen MR) is 110 cm³/mol. The van der Waals surface area contributed by atoms with E-state index in [1.807, 2.05) is 0 Å². The van der Waals surface area contributed by atoms with Crippen LogP contribution < -0.4 is 0 Å². The minimum Gasteiger partial charge on any atom is -0.463 e. The lowest BCUT2D eigenvalue weighted by Crippen LogP contribution is -2.63. The van der Waals surface area contributed by atoms with Gasteiger partial charge in [-0.25, -0.2) is 0 Å². The molecule has 1 aliphatic rings. The lowest BCUT2D eigenvalue weighted by Gasteiger charge is -2.44. The minimum atomic E-state index is -1.28.